The van der Waals surface area contributed by atoms with Crippen LogP contribution in [0, 0.1) is 21.4 Å². The number of ether oxygens (including phenoxy) is 1. The van der Waals surface area contributed by atoms with Crippen molar-refractivity contribution in [3.05, 3.63) is 98.6 Å². The number of hydrogen-bond acceptors (Lipinski definition) is 6. The number of benzene rings is 3. The monoisotopic (exact) mass is 544 g/mol. The summed E-state index contributed by atoms with van der Waals surface area (Å²) in [6.07, 6.45) is -3.83. The summed E-state index contributed by atoms with van der Waals surface area (Å²) in [7, 11) is 0. The Hall–Kier alpha value is -4.89. The SMILES string of the molecule is N#C/C(=C\c1cc([N+](=O)[O-])ccc1OCC(=O)Nc1ccccc1)C(=O)Nc1ccc(Cl)c(C(F)(F)F)c1. The Kier molecular flexibility index (Phi) is 8.67. The van der Waals surface area contributed by atoms with Gasteiger partial charge in [0.1, 0.15) is 17.4 Å². The van der Waals surface area contributed by atoms with Crippen LogP contribution < -0.4 is 15.4 Å². The normalized spacial score (nSPS) is 11.3. The molecule has 38 heavy (non-hydrogen) atoms. The van der Waals surface area contributed by atoms with Gasteiger partial charge in [-0.25, -0.2) is 0 Å². The first-order valence-corrected chi connectivity index (χ1v) is 10.9. The van der Waals surface area contributed by atoms with Gasteiger partial charge < -0.3 is 15.4 Å². The number of carbonyl (C=O) groups excluding carboxylic acids is 2. The fraction of sp³-hybridized carbons (Fsp3) is 0.0800. The quantitative estimate of drug-likeness (QED) is 0.158. The number of amides is 2. The molecule has 3 aromatic carbocycles. The van der Waals surface area contributed by atoms with Crippen molar-refractivity contribution in [2.75, 3.05) is 17.2 Å². The molecule has 0 atom stereocenters. The number of alkyl halides is 3. The van der Waals surface area contributed by atoms with E-state index in [1.807, 2.05) is 0 Å². The Bertz CT molecular complexity index is 1450. The molecule has 0 heterocycles. The minimum Gasteiger partial charge on any atom is -0.483 e. The van der Waals surface area contributed by atoms with Crippen LogP contribution in [0.5, 0.6) is 5.75 Å². The van der Waals surface area contributed by atoms with E-state index in [0.29, 0.717) is 11.8 Å². The zero-order valence-corrected chi connectivity index (χ0v) is 19.8. The van der Waals surface area contributed by atoms with Crippen molar-refractivity contribution in [3.63, 3.8) is 0 Å². The van der Waals surface area contributed by atoms with Crippen molar-refractivity contribution in [1.82, 2.24) is 0 Å². The maximum atomic E-state index is 13.1. The lowest BCUT2D eigenvalue weighted by Crippen LogP contribution is -2.20. The third kappa shape index (κ3) is 7.31. The van der Waals surface area contributed by atoms with Gasteiger partial charge in [-0.2, -0.15) is 18.4 Å². The zero-order valence-electron chi connectivity index (χ0n) is 19.1. The van der Waals surface area contributed by atoms with Gasteiger partial charge in [0.25, 0.3) is 17.5 Å². The molecule has 3 rings (SSSR count). The molecule has 2 amide bonds. The van der Waals surface area contributed by atoms with Gasteiger partial charge in [0.05, 0.1) is 15.5 Å². The molecule has 9 nitrogen and oxygen atoms in total. The Balaban J connectivity index is 1.85. The molecule has 0 bridgehead atoms. The van der Waals surface area contributed by atoms with Crippen molar-refractivity contribution in [1.29, 1.82) is 5.26 Å². The van der Waals surface area contributed by atoms with Crippen molar-refractivity contribution >= 4 is 46.6 Å². The summed E-state index contributed by atoms with van der Waals surface area (Å²) >= 11 is 5.58. The van der Waals surface area contributed by atoms with E-state index in [1.165, 1.54) is 6.07 Å². The molecule has 3 aromatic rings. The van der Waals surface area contributed by atoms with Gasteiger partial charge in [-0.15, -0.1) is 0 Å². The zero-order chi connectivity index (χ0) is 27.9. The van der Waals surface area contributed by atoms with Gasteiger partial charge in [0.15, 0.2) is 6.61 Å². The summed E-state index contributed by atoms with van der Waals surface area (Å²) in [5.41, 5.74) is -2.08. The number of halogens is 4. The van der Waals surface area contributed by atoms with Crippen LogP contribution in [0.4, 0.5) is 30.2 Å². The van der Waals surface area contributed by atoms with Crippen LogP contribution >= 0.6 is 11.6 Å². The number of anilines is 2. The average molecular weight is 545 g/mol. The van der Waals surface area contributed by atoms with Crippen molar-refractivity contribution < 1.29 is 32.4 Å². The molecule has 0 spiro atoms. The van der Waals surface area contributed by atoms with Gasteiger partial charge in [-0.3, -0.25) is 19.7 Å². The maximum absolute atomic E-state index is 13.1. The second kappa shape index (κ2) is 11.9. The number of nitrogens with zero attached hydrogens (tertiary/aromatic N) is 2. The minimum absolute atomic E-state index is 0.0646. The fourth-order valence-electron chi connectivity index (χ4n) is 3.08. The molecule has 13 heteroatoms. The first-order valence-electron chi connectivity index (χ1n) is 10.5. The van der Waals surface area contributed by atoms with Gasteiger partial charge in [0.2, 0.25) is 0 Å². The van der Waals surface area contributed by atoms with Gasteiger partial charge in [0, 0.05) is 29.1 Å². The maximum Gasteiger partial charge on any atom is 0.417 e. The van der Waals surface area contributed by atoms with Crippen LogP contribution in [-0.4, -0.2) is 23.3 Å². The van der Waals surface area contributed by atoms with E-state index in [-0.39, 0.29) is 17.0 Å². The Morgan fingerprint density at radius 3 is 2.39 bits per heavy atom. The first kappa shape index (κ1) is 27.7. The van der Waals surface area contributed by atoms with E-state index in [9.17, 15) is 38.1 Å². The third-order valence-corrected chi connectivity index (χ3v) is 5.14. The molecule has 0 aliphatic rings. The number of nitro benzene ring substituents is 1. The topological polar surface area (TPSA) is 134 Å². The molecule has 0 fully saturated rings. The lowest BCUT2D eigenvalue weighted by molar-refractivity contribution is -0.384. The van der Waals surface area contributed by atoms with Crippen molar-refractivity contribution in [2.45, 2.75) is 6.18 Å². The number of non-ortho nitro benzene ring substituents is 1. The highest BCUT2D eigenvalue weighted by atomic mass is 35.5. The van der Waals surface area contributed by atoms with E-state index >= 15 is 0 Å². The molecule has 0 saturated heterocycles. The second-order valence-corrected chi connectivity index (χ2v) is 7.91. The van der Waals surface area contributed by atoms with E-state index in [2.05, 4.69) is 10.6 Å². The highest BCUT2D eigenvalue weighted by molar-refractivity contribution is 6.31. The van der Waals surface area contributed by atoms with Crippen molar-refractivity contribution in [3.8, 4) is 11.8 Å². The molecule has 0 saturated carbocycles. The van der Waals surface area contributed by atoms with E-state index in [4.69, 9.17) is 16.3 Å². The van der Waals surface area contributed by atoms with Gasteiger partial charge >= 0.3 is 6.18 Å². The van der Waals surface area contributed by atoms with Crippen LogP contribution in [0.2, 0.25) is 5.02 Å². The second-order valence-electron chi connectivity index (χ2n) is 7.50. The predicted octanol–water partition coefficient (Wildman–Crippen LogP) is 5.83. The summed E-state index contributed by atoms with van der Waals surface area (Å²) in [5.74, 6) is -1.71. The first-order chi connectivity index (χ1) is 18.0. The molecule has 0 aromatic heterocycles. The smallest absolute Gasteiger partial charge is 0.417 e. The highest BCUT2D eigenvalue weighted by Crippen LogP contribution is 2.36. The Morgan fingerprint density at radius 1 is 1.05 bits per heavy atom. The highest BCUT2D eigenvalue weighted by Gasteiger charge is 2.33. The molecule has 0 aliphatic carbocycles. The third-order valence-electron chi connectivity index (χ3n) is 4.82. The number of rotatable bonds is 8. The number of hydrogen-bond donors (Lipinski definition) is 2. The number of para-hydroxylation sites is 1. The molecular weight excluding hydrogens is 529 g/mol. The molecule has 0 radical (unpaired) electrons. The summed E-state index contributed by atoms with van der Waals surface area (Å²) in [6.45, 7) is -0.507. The van der Waals surface area contributed by atoms with E-state index in [0.717, 1.165) is 30.3 Å². The van der Waals surface area contributed by atoms with Crippen LogP contribution in [0.25, 0.3) is 6.08 Å². The fourth-order valence-corrected chi connectivity index (χ4v) is 3.30. The van der Waals surface area contributed by atoms with E-state index < -0.39 is 51.4 Å². The van der Waals surface area contributed by atoms with Gasteiger partial charge in [-0.1, -0.05) is 29.8 Å². The number of nitrogens with one attached hydrogen (secondary N) is 2. The van der Waals surface area contributed by atoms with Crippen molar-refractivity contribution in [2.24, 2.45) is 0 Å². The molecule has 0 unspecified atom stereocenters. The average Bonchev–Trinajstić information content (AvgIpc) is 2.87. The lowest BCUT2D eigenvalue weighted by atomic mass is 10.1. The largest absolute Gasteiger partial charge is 0.483 e. The lowest BCUT2D eigenvalue weighted by Gasteiger charge is -2.12. The Labute approximate surface area is 218 Å². The number of nitriles is 1. The number of nitro groups is 1. The standard InChI is InChI=1S/C25H16ClF3N4O5/c26-21-8-6-18(12-20(21)25(27,28)29)32-24(35)16(13-30)10-15-11-19(33(36)37)7-9-22(15)38-14-23(34)31-17-4-2-1-3-5-17/h1-12H,14H2,(H,31,34)(H,32,35)/b16-10+. The van der Waals surface area contributed by atoms with Crippen LogP contribution in [0.3, 0.4) is 0 Å². The van der Waals surface area contributed by atoms with Crippen LogP contribution in [0.1, 0.15) is 11.1 Å². The van der Waals surface area contributed by atoms with Crippen LogP contribution in [-0.2, 0) is 15.8 Å². The van der Waals surface area contributed by atoms with Crippen LogP contribution in [0.15, 0.2) is 72.3 Å². The summed E-state index contributed by atoms with van der Waals surface area (Å²) in [4.78, 5) is 35.4. The Morgan fingerprint density at radius 2 is 1.76 bits per heavy atom. The summed E-state index contributed by atoms with van der Waals surface area (Å²) < 4.78 is 44.8. The van der Waals surface area contributed by atoms with Gasteiger partial charge in [-0.05, 0) is 42.5 Å². The molecule has 0 aliphatic heterocycles. The minimum atomic E-state index is -4.78. The predicted molar refractivity (Wildman–Crippen MR) is 132 cm³/mol. The summed E-state index contributed by atoms with van der Waals surface area (Å²) in [5, 5.41) is 24.9. The molecule has 194 valence electrons. The van der Waals surface area contributed by atoms with E-state index in [1.54, 1.807) is 36.4 Å². The summed E-state index contributed by atoms with van der Waals surface area (Å²) in [6, 6.07) is 16.0. The molecule has 2 N–H and O–H groups in total. The molecular formula is C25H16ClF3N4O5. The number of carbonyl (C=O) groups is 2.